The number of fused-ring (bicyclic) bond motifs is 2. The third-order valence-corrected chi connectivity index (χ3v) is 4.78. The number of rotatable bonds is 3. The fraction of sp³-hybridized carbons (Fsp3) is 0.471. The van der Waals surface area contributed by atoms with Crippen LogP contribution in [0.4, 0.5) is 0 Å². The van der Waals surface area contributed by atoms with E-state index in [2.05, 4.69) is 31.8 Å². The summed E-state index contributed by atoms with van der Waals surface area (Å²) in [5.41, 5.74) is 8.87. The molecule has 0 spiro atoms. The maximum absolute atomic E-state index is 12.2. The molecule has 120 valence electrons. The smallest absolute Gasteiger partial charge is 0.292 e. The van der Waals surface area contributed by atoms with Crippen molar-refractivity contribution in [3.8, 4) is 0 Å². The minimum atomic E-state index is -0.239. The molecule has 3 N–H and O–H groups in total. The zero-order valence-electron chi connectivity index (χ0n) is 13.1. The second-order valence-corrected chi connectivity index (χ2v) is 6.37. The molecule has 0 aliphatic heterocycles. The van der Waals surface area contributed by atoms with E-state index in [1.807, 2.05) is 0 Å². The van der Waals surface area contributed by atoms with Gasteiger partial charge in [0.1, 0.15) is 0 Å². The van der Waals surface area contributed by atoms with Crippen molar-refractivity contribution in [3.05, 3.63) is 40.0 Å². The number of aromatic nitrogens is 3. The molecular weight excluding hydrogens is 290 g/mol. The lowest BCUT2D eigenvalue weighted by Crippen LogP contribution is -2.20. The minimum absolute atomic E-state index is 0.239. The Morgan fingerprint density at radius 2 is 1.91 bits per heavy atom. The highest BCUT2D eigenvalue weighted by Gasteiger charge is 2.21. The van der Waals surface area contributed by atoms with Gasteiger partial charge >= 0.3 is 0 Å². The van der Waals surface area contributed by atoms with Crippen molar-refractivity contribution in [1.29, 1.82) is 0 Å². The first-order valence-corrected chi connectivity index (χ1v) is 8.41. The SMILES string of the molecule is O=C(N/N=C\c1cc2c([nH]1)CCCC2)c1n[nH]c2c1CCCC2. The van der Waals surface area contributed by atoms with Crippen molar-refractivity contribution >= 4 is 12.1 Å². The molecule has 6 heteroatoms. The zero-order chi connectivity index (χ0) is 15.6. The molecular formula is C17H21N5O. The van der Waals surface area contributed by atoms with E-state index in [0.29, 0.717) is 5.69 Å². The Bertz CT molecular complexity index is 732. The zero-order valence-corrected chi connectivity index (χ0v) is 13.1. The number of nitrogens with zero attached hydrogens (tertiary/aromatic N) is 2. The van der Waals surface area contributed by atoms with Gasteiger partial charge in [0, 0.05) is 17.0 Å². The number of nitrogens with one attached hydrogen (secondary N) is 3. The number of carbonyl (C=O) groups excluding carboxylic acids is 1. The fourth-order valence-corrected chi connectivity index (χ4v) is 3.58. The summed E-state index contributed by atoms with van der Waals surface area (Å²) in [7, 11) is 0. The van der Waals surface area contributed by atoms with E-state index >= 15 is 0 Å². The van der Waals surface area contributed by atoms with Gasteiger partial charge in [-0.25, -0.2) is 5.43 Å². The average Bonchev–Trinajstić information content (AvgIpc) is 3.18. The van der Waals surface area contributed by atoms with E-state index in [-0.39, 0.29) is 5.91 Å². The van der Waals surface area contributed by atoms with E-state index in [4.69, 9.17) is 0 Å². The second kappa shape index (κ2) is 6.02. The van der Waals surface area contributed by atoms with Gasteiger partial charge < -0.3 is 4.98 Å². The van der Waals surface area contributed by atoms with Crippen LogP contribution in [0.1, 0.15) is 64.4 Å². The minimum Gasteiger partial charge on any atom is -0.357 e. The van der Waals surface area contributed by atoms with Gasteiger partial charge in [-0.15, -0.1) is 0 Å². The van der Waals surface area contributed by atoms with Crippen molar-refractivity contribution in [2.75, 3.05) is 0 Å². The third-order valence-electron chi connectivity index (χ3n) is 4.78. The Morgan fingerprint density at radius 1 is 1.13 bits per heavy atom. The fourth-order valence-electron chi connectivity index (χ4n) is 3.58. The Kier molecular flexibility index (Phi) is 3.73. The number of amides is 1. The summed E-state index contributed by atoms with van der Waals surface area (Å²) in [5, 5.41) is 11.2. The lowest BCUT2D eigenvalue weighted by Gasteiger charge is -2.10. The topological polar surface area (TPSA) is 85.9 Å². The lowest BCUT2D eigenvalue weighted by molar-refractivity contribution is 0.0949. The van der Waals surface area contributed by atoms with Crippen molar-refractivity contribution < 1.29 is 4.79 Å². The van der Waals surface area contributed by atoms with Gasteiger partial charge in [0.2, 0.25) is 0 Å². The molecule has 4 rings (SSSR count). The predicted octanol–water partition coefficient (Wildman–Crippen LogP) is 2.26. The third kappa shape index (κ3) is 2.81. The van der Waals surface area contributed by atoms with Gasteiger partial charge in [-0.2, -0.15) is 10.2 Å². The standard InChI is InChI=1S/C17H21N5O/c23-17(16-13-6-2-4-8-15(13)20-21-16)22-18-10-12-9-11-5-1-3-7-14(11)19-12/h9-10,19H,1-8H2,(H,20,21)(H,22,23)/b18-10-. The second-order valence-electron chi connectivity index (χ2n) is 6.37. The maximum atomic E-state index is 12.2. The number of hydrazone groups is 1. The quantitative estimate of drug-likeness (QED) is 0.600. The summed E-state index contributed by atoms with van der Waals surface area (Å²) < 4.78 is 0. The molecule has 0 atom stereocenters. The normalized spacial score (nSPS) is 17.0. The van der Waals surface area contributed by atoms with E-state index in [1.165, 1.54) is 24.1 Å². The first-order chi connectivity index (χ1) is 11.3. The first kappa shape index (κ1) is 14.2. The molecule has 23 heavy (non-hydrogen) atoms. The Labute approximate surface area is 134 Å². The summed E-state index contributed by atoms with van der Waals surface area (Å²) in [6.45, 7) is 0. The molecule has 0 saturated carbocycles. The van der Waals surface area contributed by atoms with Crippen LogP contribution in [0, 0.1) is 0 Å². The lowest BCUT2D eigenvalue weighted by atomic mass is 9.96. The molecule has 2 aromatic heterocycles. The summed E-state index contributed by atoms with van der Waals surface area (Å²) in [6.07, 6.45) is 10.6. The highest BCUT2D eigenvalue weighted by molar-refractivity contribution is 5.94. The molecule has 0 radical (unpaired) electrons. The Balaban J connectivity index is 1.43. The van der Waals surface area contributed by atoms with Crippen molar-refractivity contribution in [3.63, 3.8) is 0 Å². The van der Waals surface area contributed by atoms with Crippen molar-refractivity contribution in [1.82, 2.24) is 20.6 Å². The number of aryl methyl sites for hydroxylation is 3. The molecule has 0 fully saturated rings. The summed E-state index contributed by atoms with van der Waals surface area (Å²) in [4.78, 5) is 15.6. The predicted molar refractivity (Wildman–Crippen MR) is 87.7 cm³/mol. The molecule has 0 bridgehead atoms. The average molecular weight is 311 g/mol. The van der Waals surface area contributed by atoms with E-state index < -0.39 is 0 Å². The van der Waals surface area contributed by atoms with Crippen LogP contribution in [0.5, 0.6) is 0 Å². The van der Waals surface area contributed by atoms with E-state index in [0.717, 1.165) is 55.5 Å². The van der Waals surface area contributed by atoms with Crippen LogP contribution in [0.15, 0.2) is 11.2 Å². The van der Waals surface area contributed by atoms with Crippen LogP contribution in [0.2, 0.25) is 0 Å². The molecule has 2 heterocycles. The van der Waals surface area contributed by atoms with Gasteiger partial charge in [0.05, 0.1) is 11.9 Å². The summed E-state index contributed by atoms with van der Waals surface area (Å²) in [5.74, 6) is -0.239. The highest BCUT2D eigenvalue weighted by Crippen LogP contribution is 2.22. The van der Waals surface area contributed by atoms with Gasteiger partial charge in [-0.3, -0.25) is 9.89 Å². The van der Waals surface area contributed by atoms with Crippen LogP contribution >= 0.6 is 0 Å². The number of carbonyl (C=O) groups is 1. The maximum Gasteiger partial charge on any atom is 0.292 e. The van der Waals surface area contributed by atoms with Gasteiger partial charge in [0.15, 0.2) is 5.69 Å². The number of hydrogen-bond acceptors (Lipinski definition) is 3. The van der Waals surface area contributed by atoms with Gasteiger partial charge in [-0.05, 0) is 63.0 Å². The molecule has 2 aliphatic rings. The highest BCUT2D eigenvalue weighted by atomic mass is 16.2. The Morgan fingerprint density at radius 3 is 2.78 bits per heavy atom. The number of H-pyrrole nitrogens is 2. The Hall–Kier alpha value is -2.37. The molecule has 2 aliphatic carbocycles. The molecule has 0 saturated heterocycles. The summed E-state index contributed by atoms with van der Waals surface area (Å²) >= 11 is 0. The van der Waals surface area contributed by atoms with Gasteiger partial charge in [0.25, 0.3) is 5.91 Å². The number of aromatic amines is 2. The molecule has 6 nitrogen and oxygen atoms in total. The van der Waals surface area contributed by atoms with Crippen LogP contribution in [-0.2, 0) is 25.7 Å². The van der Waals surface area contributed by atoms with Crippen LogP contribution in [0.3, 0.4) is 0 Å². The molecule has 1 amide bonds. The van der Waals surface area contributed by atoms with Crippen LogP contribution < -0.4 is 5.43 Å². The van der Waals surface area contributed by atoms with E-state index in [1.54, 1.807) is 6.21 Å². The first-order valence-electron chi connectivity index (χ1n) is 8.41. The molecule has 0 unspecified atom stereocenters. The van der Waals surface area contributed by atoms with Crippen molar-refractivity contribution in [2.24, 2.45) is 5.10 Å². The largest absolute Gasteiger partial charge is 0.357 e. The molecule has 2 aromatic rings. The molecule has 0 aromatic carbocycles. The van der Waals surface area contributed by atoms with Crippen LogP contribution in [-0.4, -0.2) is 27.3 Å². The monoisotopic (exact) mass is 311 g/mol. The number of hydrogen-bond donors (Lipinski definition) is 3. The van der Waals surface area contributed by atoms with Crippen LogP contribution in [0.25, 0.3) is 0 Å². The summed E-state index contributed by atoms with van der Waals surface area (Å²) in [6, 6.07) is 2.13. The van der Waals surface area contributed by atoms with Gasteiger partial charge in [-0.1, -0.05) is 0 Å². The van der Waals surface area contributed by atoms with E-state index in [9.17, 15) is 4.79 Å². The van der Waals surface area contributed by atoms with Crippen molar-refractivity contribution in [2.45, 2.75) is 51.4 Å².